The Bertz CT molecular complexity index is 179. The van der Waals surface area contributed by atoms with Gasteiger partial charge >= 0.3 is 0 Å². The highest BCUT2D eigenvalue weighted by Gasteiger charge is 2.49. The number of hydrogen-bond acceptors (Lipinski definition) is 1. The molecule has 1 nitrogen and oxygen atoms in total. The summed E-state index contributed by atoms with van der Waals surface area (Å²) in [6, 6.07) is 1.80. The molecule has 1 N–H and O–H groups in total. The molecule has 2 atom stereocenters. The maximum atomic E-state index is 3.73. The summed E-state index contributed by atoms with van der Waals surface area (Å²) in [6.07, 6.45) is 8.96. The molecular weight excluding hydrogens is 146 g/mol. The minimum Gasteiger partial charge on any atom is -0.311 e. The summed E-state index contributed by atoms with van der Waals surface area (Å²) in [5.74, 6) is 1.03. The van der Waals surface area contributed by atoms with Gasteiger partial charge in [-0.1, -0.05) is 6.92 Å². The molecule has 3 aliphatic rings. The van der Waals surface area contributed by atoms with Crippen LogP contribution in [-0.2, 0) is 0 Å². The summed E-state index contributed by atoms with van der Waals surface area (Å²) < 4.78 is 0. The Morgan fingerprint density at radius 3 is 2.08 bits per heavy atom. The molecule has 3 rings (SSSR count). The minimum atomic E-state index is 0.816. The molecule has 2 saturated heterocycles. The molecule has 3 fully saturated rings. The highest BCUT2D eigenvalue weighted by atomic mass is 15.0. The third-order valence-electron chi connectivity index (χ3n) is 4.26. The van der Waals surface area contributed by atoms with Crippen LogP contribution in [0.15, 0.2) is 0 Å². The summed E-state index contributed by atoms with van der Waals surface area (Å²) in [6.45, 7) is 2.41. The second kappa shape index (κ2) is 2.25. The first-order valence-electron chi connectivity index (χ1n) is 5.52. The Hall–Kier alpha value is -0.0400. The zero-order chi connectivity index (χ0) is 8.18. The topological polar surface area (TPSA) is 12.0 Å². The number of piperidine rings is 1. The molecule has 1 saturated carbocycles. The predicted octanol–water partition coefficient (Wildman–Crippen LogP) is 2.32. The van der Waals surface area contributed by atoms with E-state index in [9.17, 15) is 0 Å². The summed E-state index contributed by atoms with van der Waals surface area (Å²) in [4.78, 5) is 0. The molecule has 1 heteroatoms. The standard InChI is InChI=1S/C11H19N/c1-8-4-11(5-8)6-9-2-3-10(7-11)12-9/h8-10,12H,2-7H2,1H3. The van der Waals surface area contributed by atoms with Gasteiger partial charge in [0.1, 0.15) is 0 Å². The number of nitrogens with one attached hydrogen (secondary N) is 1. The van der Waals surface area contributed by atoms with E-state index in [1.165, 1.54) is 38.5 Å². The van der Waals surface area contributed by atoms with Crippen LogP contribution in [0.25, 0.3) is 0 Å². The highest BCUT2D eigenvalue weighted by Crippen LogP contribution is 2.55. The van der Waals surface area contributed by atoms with Crippen LogP contribution in [0.5, 0.6) is 0 Å². The molecule has 1 aliphatic carbocycles. The fourth-order valence-corrected chi connectivity index (χ4v) is 4.11. The van der Waals surface area contributed by atoms with Gasteiger partial charge in [-0.2, -0.15) is 0 Å². The minimum absolute atomic E-state index is 0.816. The van der Waals surface area contributed by atoms with Gasteiger partial charge in [0, 0.05) is 12.1 Å². The van der Waals surface area contributed by atoms with E-state index in [-0.39, 0.29) is 0 Å². The monoisotopic (exact) mass is 165 g/mol. The Kier molecular flexibility index (Phi) is 1.39. The number of rotatable bonds is 0. The van der Waals surface area contributed by atoms with Crippen molar-refractivity contribution >= 4 is 0 Å². The second-order valence-corrected chi connectivity index (χ2v) is 5.56. The van der Waals surface area contributed by atoms with Crippen LogP contribution in [0, 0.1) is 11.3 Å². The van der Waals surface area contributed by atoms with E-state index in [0.29, 0.717) is 0 Å². The van der Waals surface area contributed by atoms with Gasteiger partial charge < -0.3 is 5.32 Å². The normalized spacial score (nSPS) is 57.2. The third kappa shape index (κ3) is 0.953. The van der Waals surface area contributed by atoms with Crippen molar-refractivity contribution < 1.29 is 0 Å². The summed E-state index contributed by atoms with van der Waals surface area (Å²) in [5, 5.41) is 3.73. The Morgan fingerprint density at radius 2 is 1.58 bits per heavy atom. The molecule has 0 aromatic carbocycles. The maximum absolute atomic E-state index is 3.73. The summed E-state index contributed by atoms with van der Waals surface area (Å²) in [5.41, 5.74) is 0.816. The van der Waals surface area contributed by atoms with Gasteiger partial charge in [-0.05, 0) is 49.9 Å². The largest absolute Gasteiger partial charge is 0.311 e. The van der Waals surface area contributed by atoms with E-state index in [2.05, 4.69) is 12.2 Å². The van der Waals surface area contributed by atoms with Crippen molar-refractivity contribution in [3.05, 3.63) is 0 Å². The van der Waals surface area contributed by atoms with Crippen molar-refractivity contribution in [3.63, 3.8) is 0 Å². The molecule has 2 aliphatic heterocycles. The number of hydrogen-bond donors (Lipinski definition) is 1. The van der Waals surface area contributed by atoms with Crippen LogP contribution in [0.3, 0.4) is 0 Å². The Balaban J connectivity index is 1.75. The second-order valence-electron chi connectivity index (χ2n) is 5.56. The quantitative estimate of drug-likeness (QED) is 0.581. The number of fused-ring (bicyclic) bond motifs is 2. The lowest BCUT2D eigenvalue weighted by atomic mass is 9.57. The van der Waals surface area contributed by atoms with Crippen molar-refractivity contribution in [2.75, 3.05) is 0 Å². The van der Waals surface area contributed by atoms with Gasteiger partial charge in [-0.25, -0.2) is 0 Å². The summed E-state index contributed by atoms with van der Waals surface area (Å²) in [7, 11) is 0. The third-order valence-corrected chi connectivity index (χ3v) is 4.26. The van der Waals surface area contributed by atoms with Gasteiger partial charge in [0.15, 0.2) is 0 Å². The van der Waals surface area contributed by atoms with E-state index < -0.39 is 0 Å². The van der Waals surface area contributed by atoms with E-state index in [1.807, 2.05) is 0 Å². The van der Waals surface area contributed by atoms with Crippen molar-refractivity contribution in [2.45, 2.75) is 57.5 Å². The lowest BCUT2D eigenvalue weighted by molar-refractivity contribution is 0.0119. The smallest absolute Gasteiger partial charge is 0.00755 e. The molecular formula is C11H19N. The highest BCUT2D eigenvalue weighted by molar-refractivity contribution is 5.04. The van der Waals surface area contributed by atoms with Crippen LogP contribution in [-0.4, -0.2) is 12.1 Å². The molecule has 0 radical (unpaired) electrons. The van der Waals surface area contributed by atoms with E-state index in [1.54, 1.807) is 0 Å². The first-order valence-corrected chi connectivity index (χ1v) is 5.52. The first kappa shape index (κ1) is 7.37. The average molecular weight is 165 g/mol. The van der Waals surface area contributed by atoms with Gasteiger partial charge in [-0.3, -0.25) is 0 Å². The van der Waals surface area contributed by atoms with Gasteiger partial charge in [0.2, 0.25) is 0 Å². The van der Waals surface area contributed by atoms with Gasteiger partial charge in [0.05, 0.1) is 0 Å². The SMILES string of the molecule is CC1CC2(C1)CC1CCC(C2)N1. The van der Waals surface area contributed by atoms with Crippen molar-refractivity contribution in [1.29, 1.82) is 0 Å². The van der Waals surface area contributed by atoms with Gasteiger partial charge in [-0.15, -0.1) is 0 Å². The molecule has 2 unspecified atom stereocenters. The Morgan fingerprint density at radius 1 is 1.00 bits per heavy atom. The summed E-state index contributed by atoms with van der Waals surface area (Å²) >= 11 is 0. The van der Waals surface area contributed by atoms with E-state index in [4.69, 9.17) is 0 Å². The zero-order valence-electron chi connectivity index (χ0n) is 7.97. The van der Waals surface area contributed by atoms with E-state index in [0.717, 1.165) is 23.4 Å². The van der Waals surface area contributed by atoms with E-state index >= 15 is 0 Å². The first-order chi connectivity index (χ1) is 5.76. The van der Waals surface area contributed by atoms with Crippen LogP contribution in [0.4, 0.5) is 0 Å². The molecule has 0 amide bonds. The van der Waals surface area contributed by atoms with Crippen LogP contribution < -0.4 is 5.32 Å². The molecule has 0 aromatic heterocycles. The van der Waals surface area contributed by atoms with Crippen molar-refractivity contribution in [3.8, 4) is 0 Å². The lowest BCUT2D eigenvalue weighted by Gasteiger charge is -2.51. The molecule has 12 heavy (non-hydrogen) atoms. The van der Waals surface area contributed by atoms with Crippen LogP contribution in [0.1, 0.15) is 45.4 Å². The molecule has 0 aromatic rings. The fourth-order valence-electron chi connectivity index (χ4n) is 4.11. The molecule has 2 bridgehead atoms. The zero-order valence-corrected chi connectivity index (χ0v) is 7.97. The molecule has 2 heterocycles. The fraction of sp³-hybridized carbons (Fsp3) is 1.00. The molecule has 68 valence electrons. The maximum Gasteiger partial charge on any atom is 0.00755 e. The van der Waals surface area contributed by atoms with Crippen LogP contribution in [0.2, 0.25) is 0 Å². The average Bonchev–Trinajstić information content (AvgIpc) is 2.28. The van der Waals surface area contributed by atoms with Gasteiger partial charge in [0.25, 0.3) is 0 Å². The predicted molar refractivity (Wildman–Crippen MR) is 50.0 cm³/mol. The Labute approximate surface area is 74.9 Å². The van der Waals surface area contributed by atoms with Crippen molar-refractivity contribution in [1.82, 2.24) is 5.32 Å². The van der Waals surface area contributed by atoms with Crippen LogP contribution >= 0.6 is 0 Å². The van der Waals surface area contributed by atoms with Crippen molar-refractivity contribution in [2.24, 2.45) is 11.3 Å². The molecule has 1 spiro atoms. The lowest BCUT2D eigenvalue weighted by Crippen LogP contribution is -2.49.